The van der Waals surface area contributed by atoms with Gasteiger partial charge in [-0.25, -0.2) is 13.8 Å². The summed E-state index contributed by atoms with van der Waals surface area (Å²) in [6.07, 6.45) is 0.475. The van der Waals surface area contributed by atoms with E-state index in [0.29, 0.717) is 23.4 Å². The van der Waals surface area contributed by atoms with Crippen molar-refractivity contribution >= 4 is 46.1 Å². The van der Waals surface area contributed by atoms with Gasteiger partial charge in [-0.1, -0.05) is 17.7 Å². The number of fused-ring (bicyclic) bond motifs is 1. The summed E-state index contributed by atoms with van der Waals surface area (Å²) in [4.78, 5) is 52.7. The molecule has 1 saturated heterocycles. The summed E-state index contributed by atoms with van der Waals surface area (Å²) in [6.45, 7) is -0.125. The lowest BCUT2D eigenvalue weighted by molar-refractivity contribution is -0.145. The molecule has 1 aliphatic heterocycles. The van der Waals surface area contributed by atoms with E-state index in [4.69, 9.17) is 17.3 Å². The molecule has 2 heterocycles. The number of halogens is 3. The minimum absolute atomic E-state index is 0.103. The van der Waals surface area contributed by atoms with Crippen LogP contribution in [0.1, 0.15) is 29.8 Å². The predicted octanol–water partition coefficient (Wildman–Crippen LogP) is 1.18. The number of H-pyrrole nitrogens is 1. The number of rotatable bonds is 6. The smallest absolute Gasteiger partial charge is 0.291 e. The van der Waals surface area contributed by atoms with E-state index in [2.05, 4.69) is 10.4 Å². The lowest BCUT2D eigenvalue weighted by atomic mass is 10.2. The molecule has 3 rings (SSSR count). The number of aromatic amines is 1. The van der Waals surface area contributed by atoms with Crippen molar-refractivity contribution in [1.82, 2.24) is 20.3 Å². The molecular formula is C19H20ClF2N5O4. The lowest BCUT2D eigenvalue weighted by Gasteiger charge is -2.28. The van der Waals surface area contributed by atoms with E-state index in [1.165, 1.54) is 23.1 Å². The number of carbonyl (C=O) groups is 4. The molecule has 1 aromatic carbocycles. The third kappa shape index (κ3) is 4.93. The Kier molecular flexibility index (Phi) is 6.74. The molecule has 1 aliphatic rings. The zero-order chi connectivity index (χ0) is 22.7. The number of hydrogen-bond donors (Lipinski definition) is 3. The number of hydrazine groups is 1. The largest absolute Gasteiger partial charge is 0.370 e. The van der Waals surface area contributed by atoms with Crippen molar-refractivity contribution in [1.29, 1.82) is 0 Å². The molecule has 1 fully saturated rings. The van der Waals surface area contributed by atoms with E-state index in [-0.39, 0.29) is 30.6 Å². The normalized spacial score (nSPS) is 16.9. The highest BCUT2D eigenvalue weighted by molar-refractivity contribution is 6.29. The minimum atomic E-state index is -2.43. The summed E-state index contributed by atoms with van der Waals surface area (Å²) in [5.74, 6) is -3.79. The van der Waals surface area contributed by atoms with E-state index in [1.807, 2.05) is 0 Å². The maximum atomic E-state index is 13.9. The van der Waals surface area contributed by atoms with Crippen LogP contribution in [0.5, 0.6) is 0 Å². The van der Waals surface area contributed by atoms with Gasteiger partial charge in [-0.15, -0.1) is 0 Å². The van der Waals surface area contributed by atoms with Gasteiger partial charge in [0.1, 0.15) is 17.6 Å². The van der Waals surface area contributed by atoms with Crippen molar-refractivity contribution in [2.45, 2.75) is 30.9 Å². The molecule has 0 radical (unpaired) electrons. The Hall–Kier alpha value is -3.21. The van der Waals surface area contributed by atoms with Gasteiger partial charge in [0.2, 0.25) is 5.91 Å². The van der Waals surface area contributed by atoms with Crippen molar-refractivity contribution in [3.63, 3.8) is 0 Å². The Morgan fingerprint density at radius 2 is 2.10 bits per heavy atom. The number of alkyl halides is 2. The van der Waals surface area contributed by atoms with Crippen LogP contribution >= 0.6 is 11.6 Å². The van der Waals surface area contributed by atoms with Crippen LogP contribution in [0.3, 0.4) is 0 Å². The van der Waals surface area contributed by atoms with Crippen LogP contribution in [0.4, 0.5) is 8.78 Å². The van der Waals surface area contributed by atoms with Crippen LogP contribution in [0, 0.1) is 5.82 Å². The Balaban J connectivity index is 1.76. The molecular weight excluding hydrogens is 436 g/mol. The second kappa shape index (κ2) is 9.29. The lowest BCUT2D eigenvalue weighted by Crippen LogP contribution is -2.55. The average molecular weight is 456 g/mol. The molecule has 0 spiro atoms. The number of primary amides is 1. The minimum Gasteiger partial charge on any atom is -0.370 e. The van der Waals surface area contributed by atoms with Gasteiger partial charge in [-0.3, -0.25) is 24.6 Å². The fourth-order valence-electron chi connectivity index (χ4n) is 3.44. The standard InChI is InChI=1S/C19H20ClF2N5O4/c20-16(22)19(31)27(8-6-15(23)28)25-17(29)14-5-2-7-26(14)18(30)13-9-10-11(21)3-1-4-12(10)24-13/h1,3-4,9,14,16,24H,2,5-8H2,(H2,23,28)(H,25,29)/t14-,16?/m0/s1. The maximum absolute atomic E-state index is 13.9. The second-order valence-electron chi connectivity index (χ2n) is 7.02. The number of likely N-dealkylation sites (tertiary alicyclic amines) is 1. The van der Waals surface area contributed by atoms with Crippen molar-refractivity contribution < 1.29 is 28.0 Å². The number of carbonyl (C=O) groups excluding carboxylic acids is 4. The molecule has 12 heteroatoms. The van der Waals surface area contributed by atoms with Gasteiger partial charge in [0.15, 0.2) is 0 Å². The number of aromatic nitrogens is 1. The summed E-state index contributed by atoms with van der Waals surface area (Å²) in [5, 5.41) is 0.815. The number of nitrogens with one attached hydrogen (secondary N) is 2. The second-order valence-corrected chi connectivity index (χ2v) is 7.41. The zero-order valence-electron chi connectivity index (χ0n) is 16.2. The van der Waals surface area contributed by atoms with Crippen LogP contribution < -0.4 is 11.2 Å². The first-order valence-corrected chi connectivity index (χ1v) is 9.89. The fourth-order valence-corrected chi connectivity index (χ4v) is 3.56. The summed E-state index contributed by atoms with van der Waals surface area (Å²) >= 11 is 5.17. The number of hydrogen-bond acceptors (Lipinski definition) is 4. The van der Waals surface area contributed by atoms with Crippen molar-refractivity contribution in [2.75, 3.05) is 13.1 Å². The highest BCUT2D eigenvalue weighted by Crippen LogP contribution is 2.24. The molecule has 0 bridgehead atoms. The van der Waals surface area contributed by atoms with Gasteiger partial charge >= 0.3 is 0 Å². The van der Waals surface area contributed by atoms with Crippen LogP contribution in [0.15, 0.2) is 24.3 Å². The highest BCUT2D eigenvalue weighted by Gasteiger charge is 2.37. The molecule has 1 unspecified atom stereocenters. The number of nitrogens with zero attached hydrogens (tertiary/aromatic N) is 2. The Morgan fingerprint density at radius 3 is 2.74 bits per heavy atom. The van der Waals surface area contributed by atoms with Crippen LogP contribution in [0.25, 0.3) is 10.9 Å². The molecule has 0 saturated carbocycles. The number of amides is 4. The third-order valence-electron chi connectivity index (χ3n) is 4.94. The predicted molar refractivity (Wildman–Crippen MR) is 107 cm³/mol. The van der Waals surface area contributed by atoms with Crippen molar-refractivity contribution in [3.8, 4) is 0 Å². The van der Waals surface area contributed by atoms with E-state index >= 15 is 0 Å². The summed E-state index contributed by atoms with van der Waals surface area (Å²) in [6, 6.07) is 4.79. The van der Waals surface area contributed by atoms with E-state index < -0.39 is 41.1 Å². The first kappa shape index (κ1) is 22.5. The third-order valence-corrected chi connectivity index (χ3v) is 5.12. The van der Waals surface area contributed by atoms with Gasteiger partial charge in [-0.2, -0.15) is 0 Å². The molecule has 4 N–H and O–H groups in total. The molecule has 4 amide bonds. The number of benzene rings is 1. The topological polar surface area (TPSA) is 129 Å². The van der Waals surface area contributed by atoms with E-state index in [9.17, 15) is 28.0 Å². The van der Waals surface area contributed by atoms with Gasteiger partial charge in [0.05, 0.1) is 6.54 Å². The van der Waals surface area contributed by atoms with Gasteiger partial charge < -0.3 is 15.6 Å². The Morgan fingerprint density at radius 1 is 1.35 bits per heavy atom. The Bertz CT molecular complexity index is 1030. The summed E-state index contributed by atoms with van der Waals surface area (Å²) < 4.78 is 27.2. The molecule has 166 valence electrons. The first-order chi connectivity index (χ1) is 14.7. The molecule has 0 aliphatic carbocycles. The molecule has 2 aromatic rings. The van der Waals surface area contributed by atoms with Crippen LogP contribution in [-0.4, -0.2) is 63.3 Å². The van der Waals surface area contributed by atoms with E-state index in [0.717, 1.165) is 0 Å². The van der Waals surface area contributed by atoms with Gasteiger partial charge in [-0.05, 0) is 31.0 Å². The van der Waals surface area contributed by atoms with Gasteiger partial charge in [0.25, 0.3) is 23.4 Å². The maximum Gasteiger partial charge on any atom is 0.291 e. The Labute approximate surface area is 180 Å². The molecule has 1 aromatic heterocycles. The average Bonchev–Trinajstić information content (AvgIpc) is 3.37. The SMILES string of the molecule is NC(=O)CCN(NC(=O)[C@@H]1CCCN1C(=O)c1cc2c(F)cccc2[nH]1)C(=O)C(F)Cl. The zero-order valence-corrected chi connectivity index (χ0v) is 17.0. The van der Waals surface area contributed by atoms with Crippen molar-refractivity contribution in [2.24, 2.45) is 5.73 Å². The number of nitrogens with two attached hydrogens (primary N) is 1. The molecule has 2 atom stereocenters. The van der Waals surface area contributed by atoms with Gasteiger partial charge in [0, 0.05) is 23.9 Å². The van der Waals surface area contributed by atoms with Crippen LogP contribution in [-0.2, 0) is 14.4 Å². The molecule has 9 nitrogen and oxygen atoms in total. The monoisotopic (exact) mass is 455 g/mol. The first-order valence-electron chi connectivity index (χ1n) is 9.45. The quantitative estimate of drug-likeness (QED) is 0.446. The molecule has 31 heavy (non-hydrogen) atoms. The van der Waals surface area contributed by atoms with Crippen LogP contribution in [0.2, 0.25) is 0 Å². The highest BCUT2D eigenvalue weighted by atomic mass is 35.5. The summed E-state index contributed by atoms with van der Waals surface area (Å²) in [7, 11) is 0. The van der Waals surface area contributed by atoms with Crippen molar-refractivity contribution in [3.05, 3.63) is 35.8 Å². The summed E-state index contributed by atoms with van der Waals surface area (Å²) in [5.41, 5.74) is 5.36. The van der Waals surface area contributed by atoms with E-state index in [1.54, 1.807) is 6.07 Å². The fraction of sp³-hybridized carbons (Fsp3) is 0.368.